The minimum Gasteiger partial charge on any atom is -0.361 e. The molecule has 2 atom stereocenters. The summed E-state index contributed by atoms with van der Waals surface area (Å²) in [6, 6.07) is 0. The molecule has 0 N–H and O–H groups in total. The molecule has 2 aliphatic heterocycles. The first-order valence-electron chi connectivity index (χ1n) is 8.73. The van der Waals surface area contributed by atoms with Crippen LogP contribution in [0.1, 0.15) is 66.7 Å². The number of likely N-dealkylation sites (tertiary alicyclic amines) is 1. The van der Waals surface area contributed by atoms with Crippen molar-refractivity contribution in [3.05, 3.63) is 0 Å². The quantitative estimate of drug-likeness (QED) is 0.792. The molecule has 21 heavy (non-hydrogen) atoms. The molecule has 0 spiro atoms. The zero-order valence-corrected chi connectivity index (χ0v) is 14.6. The molecule has 0 amide bonds. The molecule has 3 heteroatoms. The van der Waals surface area contributed by atoms with Gasteiger partial charge in [0.05, 0.1) is 11.5 Å². The van der Waals surface area contributed by atoms with Gasteiger partial charge in [0.25, 0.3) is 0 Å². The van der Waals surface area contributed by atoms with Gasteiger partial charge in [0.2, 0.25) is 0 Å². The van der Waals surface area contributed by atoms with Crippen LogP contribution in [0.5, 0.6) is 0 Å². The van der Waals surface area contributed by atoms with Crippen LogP contribution in [0.15, 0.2) is 0 Å². The molecule has 122 valence electrons. The SMILES string of the molecule is CCCC1CCCN(CC2C(=O)C(C)(C)OC2(C)C)CC1. The predicted octanol–water partition coefficient (Wildman–Crippen LogP) is 3.66. The molecule has 2 saturated heterocycles. The van der Waals surface area contributed by atoms with E-state index in [-0.39, 0.29) is 17.3 Å². The highest BCUT2D eigenvalue weighted by Gasteiger charge is 2.53. The van der Waals surface area contributed by atoms with E-state index in [4.69, 9.17) is 4.74 Å². The maximum absolute atomic E-state index is 12.6. The van der Waals surface area contributed by atoms with Crippen LogP contribution in [0.4, 0.5) is 0 Å². The van der Waals surface area contributed by atoms with Crippen LogP contribution < -0.4 is 0 Å². The Morgan fingerprint density at radius 2 is 1.90 bits per heavy atom. The second-order valence-corrected chi connectivity index (χ2v) is 8.02. The van der Waals surface area contributed by atoms with Crippen LogP contribution in [0, 0.1) is 11.8 Å². The molecule has 2 rings (SSSR count). The molecule has 0 aromatic carbocycles. The fourth-order valence-electron chi connectivity index (χ4n) is 4.18. The Bertz CT molecular complexity index is 375. The summed E-state index contributed by atoms with van der Waals surface area (Å²) in [4.78, 5) is 15.1. The first-order chi connectivity index (χ1) is 9.76. The summed E-state index contributed by atoms with van der Waals surface area (Å²) >= 11 is 0. The highest BCUT2D eigenvalue weighted by Crippen LogP contribution is 2.39. The Hall–Kier alpha value is -0.410. The molecule has 2 fully saturated rings. The van der Waals surface area contributed by atoms with Crippen molar-refractivity contribution in [2.24, 2.45) is 11.8 Å². The number of nitrogens with zero attached hydrogens (tertiary/aromatic N) is 1. The fraction of sp³-hybridized carbons (Fsp3) is 0.944. The Morgan fingerprint density at radius 3 is 2.48 bits per heavy atom. The lowest BCUT2D eigenvalue weighted by Gasteiger charge is -2.30. The monoisotopic (exact) mass is 295 g/mol. The lowest BCUT2D eigenvalue weighted by atomic mass is 9.85. The van der Waals surface area contributed by atoms with Crippen LogP contribution in [0.2, 0.25) is 0 Å². The van der Waals surface area contributed by atoms with Crippen molar-refractivity contribution >= 4 is 5.78 Å². The fourth-order valence-corrected chi connectivity index (χ4v) is 4.18. The molecule has 3 nitrogen and oxygen atoms in total. The number of rotatable bonds is 4. The van der Waals surface area contributed by atoms with E-state index in [2.05, 4.69) is 25.7 Å². The number of hydrogen-bond acceptors (Lipinski definition) is 3. The second-order valence-electron chi connectivity index (χ2n) is 8.02. The van der Waals surface area contributed by atoms with E-state index in [1.165, 1.54) is 32.1 Å². The van der Waals surface area contributed by atoms with Crippen LogP contribution in [0.3, 0.4) is 0 Å². The number of ketones is 1. The summed E-state index contributed by atoms with van der Waals surface area (Å²) in [6.45, 7) is 13.4. The van der Waals surface area contributed by atoms with Gasteiger partial charge in [-0.2, -0.15) is 0 Å². The number of hydrogen-bond donors (Lipinski definition) is 0. The average Bonchev–Trinajstić information content (AvgIpc) is 2.55. The van der Waals surface area contributed by atoms with Crippen molar-refractivity contribution < 1.29 is 9.53 Å². The highest BCUT2D eigenvalue weighted by molar-refractivity contribution is 5.91. The highest BCUT2D eigenvalue weighted by atomic mass is 16.5. The topological polar surface area (TPSA) is 29.5 Å². The largest absolute Gasteiger partial charge is 0.361 e. The summed E-state index contributed by atoms with van der Waals surface area (Å²) in [5.74, 6) is 1.18. The van der Waals surface area contributed by atoms with Gasteiger partial charge in [0.1, 0.15) is 5.60 Å². The molecule has 0 radical (unpaired) electrons. The third kappa shape index (κ3) is 3.87. The van der Waals surface area contributed by atoms with E-state index < -0.39 is 5.60 Å². The zero-order chi connectivity index (χ0) is 15.7. The van der Waals surface area contributed by atoms with Gasteiger partial charge in [-0.25, -0.2) is 0 Å². The van der Waals surface area contributed by atoms with E-state index in [9.17, 15) is 4.79 Å². The summed E-state index contributed by atoms with van der Waals surface area (Å²) < 4.78 is 6.02. The Kier molecular flexibility index (Phi) is 5.15. The minimum atomic E-state index is -0.620. The molecule has 0 aromatic rings. The second kappa shape index (κ2) is 6.37. The third-order valence-corrected chi connectivity index (χ3v) is 5.35. The van der Waals surface area contributed by atoms with Gasteiger partial charge in [0, 0.05) is 6.54 Å². The van der Waals surface area contributed by atoms with Crippen molar-refractivity contribution in [2.45, 2.75) is 77.9 Å². The smallest absolute Gasteiger partial charge is 0.171 e. The Labute approximate surface area is 130 Å². The summed E-state index contributed by atoms with van der Waals surface area (Å²) in [5.41, 5.74) is -0.958. The first kappa shape index (κ1) is 17.0. The molecule has 0 aromatic heterocycles. The average molecular weight is 295 g/mol. The van der Waals surface area contributed by atoms with Gasteiger partial charge in [-0.05, 0) is 66.0 Å². The molecule has 0 saturated carbocycles. The van der Waals surface area contributed by atoms with E-state index in [1.54, 1.807) is 0 Å². The van der Waals surface area contributed by atoms with Crippen molar-refractivity contribution in [1.82, 2.24) is 4.90 Å². The first-order valence-corrected chi connectivity index (χ1v) is 8.73. The van der Waals surface area contributed by atoms with Crippen molar-refractivity contribution in [3.63, 3.8) is 0 Å². The van der Waals surface area contributed by atoms with Gasteiger partial charge >= 0.3 is 0 Å². The molecule has 2 unspecified atom stereocenters. The molecule has 0 bridgehead atoms. The standard InChI is InChI=1S/C18H33NO2/c1-6-8-14-9-7-11-19(12-10-14)13-15-16(20)18(4,5)21-17(15,2)3/h14-15H,6-13H2,1-5H3. The number of ether oxygens (including phenoxy) is 1. The molecular weight excluding hydrogens is 262 g/mol. The minimum absolute atomic E-state index is 0.00947. The number of carbonyl (C=O) groups is 1. The predicted molar refractivity (Wildman–Crippen MR) is 86.4 cm³/mol. The lowest BCUT2D eigenvalue weighted by Crippen LogP contribution is -2.41. The molecule has 2 aliphatic rings. The summed E-state index contributed by atoms with van der Waals surface area (Å²) in [7, 11) is 0. The van der Waals surface area contributed by atoms with Gasteiger partial charge in [-0.1, -0.05) is 19.8 Å². The number of carbonyl (C=O) groups excluding carboxylic acids is 1. The normalized spacial score (nSPS) is 33.1. The molecule has 2 heterocycles. The van der Waals surface area contributed by atoms with Crippen molar-refractivity contribution in [2.75, 3.05) is 19.6 Å². The van der Waals surface area contributed by atoms with Gasteiger partial charge in [0.15, 0.2) is 5.78 Å². The van der Waals surface area contributed by atoms with E-state index >= 15 is 0 Å². The molecular formula is C18H33NO2. The van der Waals surface area contributed by atoms with Crippen LogP contribution in [-0.2, 0) is 9.53 Å². The lowest BCUT2D eigenvalue weighted by molar-refractivity contribution is -0.132. The van der Waals surface area contributed by atoms with E-state index in [0.717, 1.165) is 25.6 Å². The zero-order valence-electron chi connectivity index (χ0n) is 14.6. The van der Waals surface area contributed by atoms with E-state index in [0.29, 0.717) is 0 Å². The third-order valence-electron chi connectivity index (χ3n) is 5.35. The van der Waals surface area contributed by atoms with Gasteiger partial charge in [-0.3, -0.25) is 4.79 Å². The molecule has 0 aliphatic carbocycles. The summed E-state index contributed by atoms with van der Waals surface area (Å²) in [5, 5.41) is 0. The Morgan fingerprint density at radius 1 is 1.19 bits per heavy atom. The van der Waals surface area contributed by atoms with Crippen molar-refractivity contribution in [1.29, 1.82) is 0 Å². The van der Waals surface area contributed by atoms with Gasteiger partial charge in [-0.15, -0.1) is 0 Å². The summed E-state index contributed by atoms with van der Waals surface area (Å²) in [6.07, 6.45) is 6.57. The Balaban J connectivity index is 1.96. The van der Waals surface area contributed by atoms with Crippen molar-refractivity contribution in [3.8, 4) is 0 Å². The van der Waals surface area contributed by atoms with Crippen LogP contribution in [-0.4, -0.2) is 41.5 Å². The van der Waals surface area contributed by atoms with Crippen LogP contribution in [0.25, 0.3) is 0 Å². The van der Waals surface area contributed by atoms with Crippen LogP contribution >= 0.6 is 0 Å². The van der Waals surface area contributed by atoms with Gasteiger partial charge < -0.3 is 9.64 Å². The number of Topliss-reactive ketones (excluding diaryl/α,β-unsaturated/α-hetero) is 1. The maximum Gasteiger partial charge on any atom is 0.171 e. The maximum atomic E-state index is 12.6. The van der Waals surface area contributed by atoms with E-state index in [1.807, 2.05) is 13.8 Å².